The third kappa shape index (κ3) is 2.66. The number of aromatic amines is 2. The van der Waals surface area contributed by atoms with E-state index in [2.05, 4.69) is 31.1 Å². The van der Waals surface area contributed by atoms with Crippen molar-refractivity contribution in [3.63, 3.8) is 0 Å². The van der Waals surface area contributed by atoms with E-state index in [1.165, 1.54) is 0 Å². The summed E-state index contributed by atoms with van der Waals surface area (Å²) in [7, 11) is 0. The molecule has 0 saturated carbocycles. The molecule has 1 atom stereocenters. The molecule has 1 aliphatic heterocycles. The Hall–Kier alpha value is -2.47. The lowest BCUT2D eigenvalue weighted by molar-refractivity contribution is 0.237. The van der Waals surface area contributed by atoms with Crippen molar-refractivity contribution in [2.24, 2.45) is 0 Å². The summed E-state index contributed by atoms with van der Waals surface area (Å²) in [6.45, 7) is 3.76. The Morgan fingerprint density at radius 2 is 2.22 bits per heavy atom. The van der Waals surface area contributed by atoms with Crippen LogP contribution in [0.4, 0.5) is 0 Å². The minimum absolute atomic E-state index is 0.0620. The van der Waals surface area contributed by atoms with Gasteiger partial charge in [0.05, 0.1) is 22.6 Å². The predicted molar refractivity (Wildman–Crippen MR) is 88.1 cm³/mol. The van der Waals surface area contributed by atoms with Crippen molar-refractivity contribution >= 4 is 10.9 Å². The van der Waals surface area contributed by atoms with Gasteiger partial charge in [-0.3, -0.25) is 14.8 Å². The SMILES string of the molecule is Cc1cc(CN2CCCC2c2nc3ccccc3c(=O)[nH]2)n[nH]1. The van der Waals surface area contributed by atoms with E-state index < -0.39 is 0 Å². The van der Waals surface area contributed by atoms with Gasteiger partial charge in [-0.15, -0.1) is 0 Å². The fourth-order valence-corrected chi connectivity index (χ4v) is 3.35. The number of benzene rings is 1. The Morgan fingerprint density at radius 1 is 1.35 bits per heavy atom. The molecule has 1 aliphatic rings. The number of rotatable bonds is 3. The van der Waals surface area contributed by atoms with Gasteiger partial charge in [0.15, 0.2) is 0 Å². The molecule has 0 spiro atoms. The fraction of sp³-hybridized carbons (Fsp3) is 0.353. The number of nitrogens with one attached hydrogen (secondary N) is 2. The summed E-state index contributed by atoms with van der Waals surface area (Å²) < 4.78 is 0. The van der Waals surface area contributed by atoms with Crippen molar-refractivity contribution in [2.75, 3.05) is 6.54 Å². The summed E-state index contributed by atoms with van der Waals surface area (Å²) in [6, 6.07) is 9.68. The quantitative estimate of drug-likeness (QED) is 0.778. The molecule has 0 amide bonds. The van der Waals surface area contributed by atoms with Gasteiger partial charge < -0.3 is 4.98 Å². The summed E-state index contributed by atoms with van der Waals surface area (Å²) in [4.78, 5) is 22.3. The molecule has 0 aliphatic carbocycles. The monoisotopic (exact) mass is 309 g/mol. The normalized spacial score (nSPS) is 18.7. The number of fused-ring (bicyclic) bond motifs is 1. The molecule has 3 heterocycles. The molecule has 2 aromatic heterocycles. The lowest BCUT2D eigenvalue weighted by Crippen LogP contribution is -2.26. The topological polar surface area (TPSA) is 77.7 Å². The molecule has 2 N–H and O–H groups in total. The van der Waals surface area contributed by atoms with Gasteiger partial charge in [-0.25, -0.2) is 4.98 Å². The van der Waals surface area contributed by atoms with Gasteiger partial charge in [-0.1, -0.05) is 12.1 Å². The molecule has 118 valence electrons. The van der Waals surface area contributed by atoms with E-state index in [0.717, 1.165) is 48.7 Å². The van der Waals surface area contributed by atoms with Gasteiger partial charge in [-0.2, -0.15) is 5.10 Å². The maximum atomic E-state index is 12.3. The first kappa shape index (κ1) is 14.1. The summed E-state index contributed by atoms with van der Waals surface area (Å²) in [6.07, 6.45) is 2.11. The highest BCUT2D eigenvalue weighted by Crippen LogP contribution is 2.31. The number of hydrogen-bond acceptors (Lipinski definition) is 4. The number of aryl methyl sites for hydroxylation is 1. The maximum Gasteiger partial charge on any atom is 0.258 e. The second kappa shape index (κ2) is 5.62. The van der Waals surface area contributed by atoms with E-state index in [0.29, 0.717) is 5.39 Å². The maximum absolute atomic E-state index is 12.3. The molecule has 1 saturated heterocycles. The zero-order valence-electron chi connectivity index (χ0n) is 13.0. The van der Waals surface area contributed by atoms with Crippen molar-refractivity contribution in [1.82, 2.24) is 25.1 Å². The van der Waals surface area contributed by atoms with Crippen LogP contribution in [0.1, 0.15) is 36.1 Å². The summed E-state index contributed by atoms with van der Waals surface area (Å²) in [5, 5.41) is 7.94. The Kier molecular flexibility index (Phi) is 3.46. The molecular formula is C17H19N5O. The van der Waals surface area contributed by atoms with Gasteiger partial charge in [0.1, 0.15) is 5.82 Å². The van der Waals surface area contributed by atoms with Gasteiger partial charge in [0.2, 0.25) is 0 Å². The predicted octanol–water partition coefficient (Wildman–Crippen LogP) is 2.29. The van der Waals surface area contributed by atoms with Gasteiger partial charge >= 0.3 is 0 Å². The molecule has 0 bridgehead atoms. The molecule has 1 aromatic carbocycles. The van der Waals surface area contributed by atoms with Crippen LogP contribution in [0.25, 0.3) is 10.9 Å². The van der Waals surface area contributed by atoms with Crippen molar-refractivity contribution < 1.29 is 0 Å². The van der Waals surface area contributed by atoms with Gasteiger partial charge in [0, 0.05) is 12.2 Å². The van der Waals surface area contributed by atoms with Crippen molar-refractivity contribution in [2.45, 2.75) is 32.4 Å². The number of nitrogens with zero attached hydrogens (tertiary/aromatic N) is 3. The summed E-state index contributed by atoms with van der Waals surface area (Å²) >= 11 is 0. The largest absolute Gasteiger partial charge is 0.309 e. The third-order valence-electron chi connectivity index (χ3n) is 4.43. The summed E-state index contributed by atoms with van der Waals surface area (Å²) in [5.74, 6) is 0.762. The highest BCUT2D eigenvalue weighted by Gasteiger charge is 2.28. The van der Waals surface area contributed by atoms with Crippen LogP contribution in [0.15, 0.2) is 35.1 Å². The lowest BCUT2D eigenvalue weighted by Gasteiger charge is -2.22. The first-order chi connectivity index (χ1) is 11.2. The van der Waals surface area contributed by atoms with E-state index in [-0.39, 0.29) is 11.6 Å². The molecule has 6 heteroatoms. The zero-order valence-corrected chi connectivity index (χ0v) is 13.0. The van der Waals surface area contributed by atoms with E-state index in [4.69, 9.17) is 0 Å². The molecule has 1 fully saturated rings. The van der Waals surface area contributed by atoms with E-state index >= 15 is 0 Å². The van der Waals surface area contributed by atoms with Gasteiger partial charge in [-0.05, 0) is 44.5 Å². The second-order valence-corrected chi connectivity index (χ2v) is 6.14. The van der Waals surface area contributed by atoms with E-state index in [1.807, 2.05) is 31.2 Å². The minimum atomic E-state index is -0.0620. The molecule has 4 rings (SSSR count). The molecule has 3 aromatic rings. The number of H-pyrrole nitrogens is 2. The van der Waals surface area contributed by atoms with E-state index in [1.54, 1.807) is 0 Å². The van der Waals surface area contributed by atoms with E-state index in [9.17, 15) is 4.79 Å². The average Bonchev–Trinajstić information content (AvgIpc) is 3.17. The average molecular weight is 309 g/mol. The standard InChI is InChI=1S/C17H19N5O/c1-11-9-12(21-20-11)10-22-8-4-7-15(22)16-18-14-6-3-2-5-13(14)17(23)19-16/h2-3,5-6,9,15H,4,7-8,10H2,1H3,(H,20,21)(H,18,19,23). The molecule has 0 radical (unpaired) electrons. The van der Waals surface area contributed by atoms with Crippen LogP contribution >= 0.6 is 0 Å². The van der Waals surface area contributed by atoms with Crippen LogP contribution in [0.3, 0.4) is 0 Å². The summed E-state index contributed by atoms with van der Waals surface area (Å²) in [5.41, 5.74) is 2.78. The van der Waals surface area contributed by atoms with Crippen molar-refractivity contribution in [1.29, 1.82) is 0 Å². The molecule has 23 heavy (non-hydrogen) atoms. The second-order valence-electron chi connectivity index (χ2n) is 6.14. The van der Waals surface area contributed by atoms with Crippen LogP contribution in [0, 0.1) is 6.92 Å². The number of hydrogen-bond donors (Lipinski definition) is 2. The van der Waals surface area contributed by atoms with Crippen LogP contribution in [-0.2, 0) is 6.54 Å². The highest BCUT2D eigenvalue weighted by atomic mass is 16.1. The molecule has 6 nitrogen and oxygen atoms in total. The van der Waals surface area contributed by atoms with Gasteiger partial charge in [0.25, 0.3) is 5.56 Å². The van der Waals surface area contributed by atoms with Crippen LogP contribution in [-0.4, -0.2) is 31.6 Å². The number of aromatic nitrogens is 4. The Labute approximate surface area is 133 Å². The zero-order chi connectivity index (χ0) is 15.8. The number of para-hydroxylation sites is 1. The molecular weight excluding hydrogens is 290 g/mol. The molecule has 1 unspecified atom stereocenters. The first-order valence-electron chi connectivity index (χ1n) is 7.94. The van der Waals surface area contributed by atoms with Crippen LogP contribution < -0.4 is 5.56 Å². The lowest BCUT2D eigenvalue weighted by atomic mass is 10.2. The van der Waals surface area contributed by atoms with Crippen molar-refractivity contribution in [3.8, 4) is 0 Å². The Balaban J connectivity index is 1.67. The first-order valence-corrected chi connectivity index (χ1v) is 7.94. The smallest absolute Gasteiger partial charge is 0.258 e. The van der Waals surface area contributed by atoms with Crippen LogP contribution in [0.2, 0.25) is 0 Å². The van der Waals surface area contributed by atoms with Crippen molar-refractivity contribution in [3.05, 3.63) is 57.9 Å². The highest BCUT2D eigenvalue weighted by molar-refractivity contribution is 5.77. The van der Waals surface area contributed by atoms with Crippen LogP contribution in [0.5, 0.6) is 0 Å². The third-order valence-corrected chi connectivity index (χ3v) is 4.43. The Morgan fingerprint density at radius 3 is 3.04 bits per heavy atom. The Bertz CT molecular complexity index is 897. The minimum Gasteiger partial charge on any atom is -0.309 e. The number of likely N-dealkylation sites (tertiary alicyclic amines) is 1. The fourth-order valence-electron chi connectivity index (χ4n) is 3.35.